The van der Waals surface area contributed by atoms with Gasteiger partial charge < -0.3 is 10.1 Å². The molecule has 0 saturated carbocycles. The SMILES string of the molecule is COc1ccc(/C(C)=C/C(=O)NC2(C#N)CCSC2)cc1. The molecule has 5 heteroatoms. The van der Waals surface area contributed by atoms with Crippen molar-refractivity contribution in [3.63, 3.8) is 0 Å². The molecule has 0 radical (unpaired) electrons. The fourth-order valence-corrected chi connectivity index (χ4v) is 3.45. The highest BCUT2D eigenvalue weighted by Crippen LogP contribution is 2.27. The second-order valence-corrected chi connectivity index (χ2v) is 6.15. The van der Waals surface area contributed by atoms with E-state index in [0.717, 1.165) is 22.6 Å². The summed E-state index contributed by atoms with van der Waals surface area (Å²) in [5.41, 5.74) is 1.10. The Balaban J connectivity index is 2.07. The van der Waals surface area contributed by atoms with Crippen LogP contribution in [-0.4, -0.2) is 30.1 Å². The van der Waals surface area contributed by atoms with Crippen LogP contribution in [0.25, 0.3) is 5.57 Å². The van der Waals surface area contributed by atoms with Gasteiger partial charge in [0.2, 0.25) is 5.91 Å². The summed E-state index contributed by atoms with van der Waals surface area (Å²) in [5.74, 6) is 2.13. The van der Waals surface area contributed by atoms with Crippen molar-refractivity contribution in [2.24, 2.45) is 0 Å². The van der Waals surface area contributed by atoms with E-state index in [4.69, 9.17) is 4.74 Å². The highest BCUT2D eigenvalue weighted by Gasteiger charge is 2.35. The van der Waals surface area contributed by atoms with Gasteiger partial charge in [-0.05, 0) is 42.4 Å². The first kappa shape index (κ1) is 15.5. The van der Waals surface area contributed by atoms with Gasteiger partial charge in [0.25, 0.3) is 0 Å². The van der Waals surface area contributed by atoms with Crippen molar-refractivity contribution in [3.05, 3.63) is 35.9 Å². The number of hydrogen-bond acceptors (Lipinski definition) is 4. The van der Waals surface area contributed by atoms with Crippen LogP contribution in [0.3, 0.4) is 0 Å². The Morgan fingerprint density at radius 2 is 2.19 bits per heavy atom. The molecule has 2 rings (SSSR count). The van der Waals surface area contributed by atoms with Crippen LogP contribution < -0.4 is 10.1 Å². The Morgan fingerprint density at radius 3 is 2.71 bits per heavy atom. The summed E-state index contributed by atoms with van der Waals surface area (Å²) in [4.78, 5) is 12.1. The third kappa shape index (κ3) is 3.79. The van der Waals surface area contributed by atoms with Gasteiger partial charge in [-0.15, -0.1) is 0 Å². The number of amides is 1. The van der Waals surface area contributed by atoms with Crippen molar-refractivity contribution >= 4 is 23.2 Å². The summed E-state index contributed by atoms with van der Waals surface area (Å²) in [6.07, 6.45) is 2.25. The number of rotatable bonds is 4. The number of thioether (sulfide) groups is 1. The standard InChI is InChI=1S/C16H18N2O2S/c1-12(13-3-5-14(20-2)6-4-13)9-15(19)18-16(10-17)7-8-21-11-16/h3-6,9H,7-8,11H2,1-2H3,(H,18,19)/b12-9+. The molecule has 1 atom stereocenters. The Hall–Kier alpha value is -1.93. The van der Waals surface area contributed by atoms with Crippen molar-refractivity contribution in [3.8, 4) is 11.8 Å². The minimum atomic E-state index is -0.710. The molecular weight excluding hydrogens is 284 g/mol. The van der Waals surface area contributed by atoms with Crippen molar-refractivity contribution in [2.75, 3.05) is 18.6 Å². The lowest BCUT2D eigenvalue weighted by atomic mass is 10.0. The summed E-state index contributed by atoms with van der Waals surface area (Å²) >= 11 is 1.70. The monoisotopic (exact) mass is 302 g/mol. The largest absolute Gasteiger partial charge is 0.497 e. The average Bonchev–Trinajstić information content (AvgIpc) is 2.96. The van der Waals surface area contributed by atoms with E-state index in [2.05, 4.69) is 11.4 Å². The van der Waals surface area contributed by atoms with E-state index in [1.54, 1.807) is 24.9 Å². The Morgan fingerprint density at radius 1 is 1.48 bits per heavy atom. The van der Waals surface area contributed by atoms with E-state index in [9.17, 15) is 10.1 Å². The molecule has 0 aromatic heterocycles. The zero-order chi connectivity index (χ0) is 15.3. The van der Waals surface area contributed by atoms with Gasteiger partial charge in [-0.1, -0.05) is 12.1 Å². The van der Waals surface area contributed by atoms with Crippen molar-refractivity contribution in [1.29, 1.82) is 5.26 Å². The molecule has 1 amide bonds. The first-order valence-electron chi connectivity index (χ1n) is 6.72. The number of nitrogens with zero attached hydrogens (tertiary/aromatic N) is 1. The molecule has 1 saturated heterocycles. The van der Waals surface area contributed by atoms with Crippen LogP contribution in [0.4, 0.5) is 0 Å². The van der Waals surface area contributed by atoms with Crippen LogP contribution in [-0.2, 0) is 4.79 Å². The highest BCUT2D eigenvalue weighted by molar-refractivity contribution is 7.99. The van der Waals surface area contributed by atoms with Crippen LogP contribution >= 0.6 is 11.8 Å². The maximum absolute atomic E-state index is 12.1. The molecule has 0 bridgehead atoms. The molecule has 1 aromatic rings. The van der Waals surface area contributed by atoms with E-state index in [-0.39, 0.29) is 5.91 Å². The topological polar surface area (TPSA) is 62.1 Å². The first-order chi connectivity index (χ1) is 10.1. The number of carbonyl (C=O) groups is 1. The Labute approximate surface area is 129 Å². The molecule has 0 spiro atoms. The molecule has 1 aliphatic heterocycles. The van der Waals surface area contributed by atoms with E-state index >= 15 is 0 Å². The molecule has 21 heavy (non-hydrogen) atoms. The summed E-state index contributed by atoms with van der Waals surface area (Å²) in [6.45, 7) is 1.88. The van der Waals surface area contributed by atoms with Gasteiger partial charge in [0, 0.05) is 11.8 Å². The number of nitriles is 1. The number of allylic oxidation sites excluding steroid dienone is 1. The second kappa shape index (κ2) is 6.68. The van der Waals surface area contributed by atoms with E-state index in [1.165, 1.54) is 0 Å². The normalized spacial score (nSPS) is 21.7. The minimum absolute atomic E-state index is 0.215. The highest BCUT2D eigenvalue weighted by atomic mass is 32.2. The first-order valence-corrected chi connectivity index (χ1v) is 7.88. The number of carbonyl (C=O) groups excluding carboxylic acids is 1. The maximum atomic E-state index is 12.1. The molecule has 110 valence electrons. The molecule has 4 nitrogen and oxygen atoms in total. The number of hydrogen-bond donors (Lipinski definition) is 1. The molecule has 0 aliphatic carbocycles. The van der Waals surface area contributed by atoms with Gasteiger partial charge in [0.15, 0.2) is 0 Å². The molecule has 1 unspecified atom stereocenters. The van der Waals surface area contributed by atoms with Crippen LogP contribution in [0, 0.1) is 11.3 Å². The molecule has 1 N–H and O–H groups in total. The van der Waals surface area contributed by atoms with E-state index in [1.807, 2.05) is 31.2 Å². The van der Waals surface area contributed by atoms with Gasteiger partial charge in [-0.25, -0.2) is 0 Å². The van der Waals surface area contributed by atoms with Crippen molar-refractivity contribution < 1.29 is 9.53 Å². The van der Waals surface area contributed by atoms with E-state index < -0.39 is 5.54 Å². The average molecular weight is 302 g/mol. The van der Waals surface area contributed by atoms with Crippen molar-refractivity contribution in [1.82, 2.24) is 5.32 Å². The van der Waals surface area contributed by atoms with Crippen LogP contribution in [0.5, 0.6) is 5.75 Å². The number of benzene rings is 1. The fourth-order valence-electron chi connectivity index (χ4n) is 2.19. The van der Waals surface area contributed by atoms with Crippen LogP contribution in [0.2, 0.25) is 0 Å². The van der Waals surface area contributed by atoms with Gasteiger partial charge in [0.1, 0.15) is 11.3 Å². The number of methoxy groups -OCH3 is 1. The van der Waals surface area contributed by atoms with Gasteiger partial charge in [-0.2, -0.15) is 17.0 Å². The molecule has 1 aliphatic rings. The summed E-state index contributed by atoms with van der Waals surface area (Å²) < 4.78 is 5.11. The molecular formula is C16H18N2O2S. The van der Waals surface area contributed by atoms with Gasteiger partial charge >= 0.3 is 0 Å². The maximum Gasteiger partial charge on any atom is 0.245 e. The van der Waals surface area contributed by atoms with Crippen molar-refractivity contribution in [2.45, 2.75) is 18.9 Å². The lowest BCUT2D eigenvalue weighted by Crippen LogP contribution is -2.46. The smallest absolute Gasteiger partial charge is 0.245 e. The van der Waals surface area contributed by atoms with Crippen LogP contribution in [0.15, 0.2) is 30.3 Å². The van der Waals surface area contributed by atoms with E-state index in [0.29, 0.717) is 12.2 Å². The third-order valence-corrected chi connectivity index (χ3v) is 4.68. The molecule has 1 heterocycles. The predicted molar refractivity (Wildman–Crippen MR) is 85.1 cm³/mol. The lowest BCUT2D eigenvalue weighted by Gasteiger charge is -2.20. The van der Waals surface area contributed by atoms with Gasteiger partial charge in [-0.3, -0.25) is 4.79 Å². The number of nitrogens with one attached hydrogen (secondary N) is 1. The van der Waals surface area contributed by atoms with Gasteiger partial charge in [0.05, 0.1) is 13.2 Å². The summed E-state index contributed by atoms with van der Waals surface area (Å²) in [5, 5.41) is 12.1. The minimum Gasteiger partial charge on any atom is -0.497 e. The fraction of sp³-hybridized carbons (Fsp3) is 0.375. The second-order valence-electron chi connectivity index (χ2n) is 5.04. The Kier molecular flexibility index (Phi) is 4.92. The summed E-state index contributed by atoms with van der Waals surface area (Å²) in [6, 6.07) is 9.76. The third-order valence-electron chi connectivity index (χ3n) is 3.49. The van der Waals surface area contributed by atoms with Crippen LogP contribution in [0.1, 0.15) is 18.9 Å². The quantitative estimate of drug-likeness (QED) is 0.869. The zero-order valence-corrected chi connectivity index (χ0v) is 13.0. The Bertz CT molecular complexity index is 581. The zero-order valence-electron chi connectivity index (χ0n) is 12.2. The molecule has 1 aromatic carbocycles. The number of ether oxygens (including phenoxy) is 1. The molecule has 1 fully saturated rings. The lowest BCUT2D eigenvalue weighted by molar-refractivity contribution is -0.117. The summed E-state index contributed by atoms with van der Waals surface area (Å²) in [7, 11) is 1.62. The predicted octanol–water partition coefficient (Wildman–Crippen LogP) is 2.61.